The van der Waals surface area contributed by atoms with Crippen molar-refractivity contribution in [3.8, 4) is 11.5 Å². The maximum atomic E-state index is 11.1. The number of carbonyl (C=O) groups is 2. The summed E-state index contributed by atoms with van der Waals surface area (Å²) in [6, 6.07) is 0. The Labute approximate surface area is 147 Å². The Morgan fingerprint density at radius 3 is 2.25 bits per heavy atom. The van der Waals surface area contributed by atoms with E-state index in [0.29, 0.717) is 30.4 Å². The van der Waals surface area contributed by atoms with Crippen molar-refractivity contribution < 1.29 is 24.5 Å². The number of carbonyl (C=O) groups excluding carboxylic acids is 2. The number of benzene rings is 1. The minimum Gasteiger partial charge on any atom is -0.507 e. The van der Waals surface area contributed by atoms with Crippen molar-refractivity contribution in [2.45, 2.75) is 58.8 Å². The number of aldehydes is 1. The van der Waals surface area contributed by atoms with Gasteiger partial charge in [-0.05, 0) is 31.7 Å². The Kier molecular flexibility index (Phi) is 8.61. The van der Waals surface area contributed by atoms with Crippen LogP contribution in [-0.2, 0) is 16.0 Å². The highest BCUT2D eigenvalue weighted by Gasteiger charge is 2.19. The summed E-state index contributed by atoms with van der Waals surface area (Å²) in [5.41, 5.74) is 0.860. The van der Waals surface area contributed by atoms with Crippen molar-refractivity contribution in [2.75, 3.05) is 6.61 Å². The van der Waals surface area contributed by atoms with Crippen LogP contribution in [0.25, 0.3) is 0 Å². The zero-order chi connectivity index (χ0) is 18.1. The molecule has 0 aliphatic heterocycles. The standard InChI is InChI=1S/C18H25ClO5/c1-12-15(11-20)17(22)14(18(23)16(12)19)9-7-5-3-4-6-8-10-24-13(2)21/h11,22-23H,3-10H2,1-2H3. The first-order chi connectivity index (χ1) is 11.4. The van der Waals surface area contributed by atoms with Crippen LogP contribution < -0.4 is 0 Å². The van der Waals surface area contributed by atoms with Crippen molar-refractivity contribution in [3.63, 3.8) is 0 Å². The topological polar surface area (TPSA) is 83.8 Å². The van der Waals surface area contributed by atoms with Gasteiger partial charge in [-0.15, -0.1) is 0 Å². The number of ether oxygens (including phenoxy) is 1. The minimum atomic E-state index is -0.249. The maximum Gasteiger partial charge on any atom is 0.302 e. The van der Waals surface area contributed by atoms with Crippen molar-refractivity contribution in [2.24, 2.45) is 0 Å². The van der Waals surface area contributed by atoms with Gasteiger partial charge >= 0.3 is 5.97 Å². The molecule has 1 aromatic rings. The Morgan fingerprint density at radius 2 is 1.67 bits per heavy atom. The van der Waals surface area contributed by atoms with Gasteiger partial charge in [-0.1, -0.05) is 37.3 Å². The number of aromatic hydroxyl groups is 2. The molecule has 0 radical (unpaired) electrons. The Morgan fingerprint density at radius 1 is 1.08 bits per heavy atom. The van der Waals surface area contributed by atoms with Gasteiger partial charge in [-0.2, -0.15) is 0 Å². The molecule has 0 aliphatic rings. The zero-order valence-corrected chi connectivity index (χ0v) is 15.0. The van der Waals surface area contributed by atoms with Gasteiger partial charge in [0.25, 0.3) is 0 Å². The van der Waals surface area contributed by atoms with E-state index < -0.39 is 0 Å². The fourth-order valence-electron chi connectivity index (χ4n) is 2.59. The summed E-state index contributed by atoms with van der Waals surface area (Å²) in [6.45, 7) is 3.46. The number of hydrogen-bond donors (Lipinski definition) is 2. The summed E-state index contributed by atoms with van der Waals surface area (Å²) in [4.78, 5) is 21.7. The lowest BCUT2D eigenvalue weighted by Gasteiger charge is -2.13. The molecule has 0 heterocycles. The Bertz CT molecular complexity index is 584. The van der Waals surface area contributed by atoms with Gasteiger partial charge in [-0.25, -0.2) is 0 Å². The molecule has 0 aromatic heterocycles. The SMILES string of the molecule is CC(=O)OCCCCCCCCc1c(O)c(Cl)c(C)c(C=O)c1O. The van der Waals surface area contributed by atoms with Crippen molar-refractivity contribution in [3.05, 3.63) is 21.7 Å². The molecule has 5 nitrogen and oxygen atoms in total. The van der Waals surface area contributed by atoms with E-state index >= 15 is 0 Å². The second-order valence-electron chi connectivity index (χ2n) is 5.86. The lowest BCUT2D eigenvalue weighted by Crippen LogP contribution is -2.00. The van der Waals surface area contributed by atoms with Crippen LogP contribution >= 0.6 is 11.6 Å². The molecule has 0 unspecified atom stereocenters. The zero-order valence-electron chi connectivity index (χ0n) is 14.2. The summed E-state index contributed by atoms with van der Waals surface area (Å²) in [5.74, 6) is -0.564. The highest BCUT2D eigenvalue weighted by atomic mass is 35.5. The van der Waals surface area contributed by atoms with Gasteiger partial charge in [-0.3, -0.25) is 9.59 Å². The van der Waals surface area contributed by atoms with Gasteiger partial charge < -0.3 is 14.9 Å². The number of esters is 1. The van der Waals surface area contributed by atoms with Crippen LogP contribution in [0.2, 0.25) is 5.02 Å². The lowest BCUT2D eigenvalue weighted by atomic mass is 9.98. The molecule has 134 valence electrons. The lowest BCUT2D eigenvalue weighted by molar-refractivity contribution is -0.141. The molecule has 0 saturated heterocycles. The van der Waals surface area contributed by atoms with Crippen LogP contribution in [0.5, 0.6) is 11.5 Å². The molecule has 1 aromatic carbocycles. The number of unbranched alkanes of at least 4 members (excludes halogenated alkanes) is 5. The highest BCUT2D eigenvalue weighted by molar-refractivity contribution is 6.33. The number of rotatable bonds is 10. The van der Waals surface area contributed by atoms with E-state index in [9.17, 15) is 19.8 Å². The van der Waals surface area contributed by atoms with E-state index in [1.54, 1.807) is 6.92 Å². The summed E-state index contributed by atoms with van der Waals surface area (Å²) < 4.78 is 4.86. The third kappa shape index (κ3) is 5.71. The molecule has 0 spiro atoms. The highest BCUT2D eigenvalue weighted by Crippen LogP contribution is 2.40. The van der Waals surface area contributed by atoms with Gasteiger partial charge in [0.1, 0.15) is 11.5 Å². The number of phenolic OH excluding ortho intramolecular Hbond substituents is 2. The summed E-state index contributed by atoms with van der Waals surface area (Å²) in [5, 5.41) is 20.3. The molecular formula is C18H25ClO5. The van der Waals surface area contributed by atoms with Crippen molar-refractivity contribution >= 4 is 23.9 Å². The number of hydrogen-bond acceptors (Lipinski definition) is 5. The number of halogens is 1. The van der Waals surface area contributed by atoms with Gasteiger partial charge in [0.15, 0.2) is 6.29 Å². The van der Waals surface area contributed by atoms with E-state index in [1.807, 2.05) is 0 Å². The molecule has 1 rings (SSSR count). The quantitative estimate of drug-likeness (QED) is 0.370. The van der Waals surface area contributed by atoms with E-state index in [-0.39, 0.29) is 28.1 Å². The van der Waals surface area contributed by atoms with E-state index in [4.69, 9.17) is 16.3 Å². The Hall–Kier alpha value is -1.75. The summed E-state index contributed by atoms with van der Waals surface area (Å²) >= 11 is 6.02. The first-order valence-electron chi connectivity index (χ1n) is 8.21. The predicted molar refractivity (Wildman–Crippen MR) is 92.9 cm³/mol. The molecule has 24 heavy (non-hydrogen) atoms. The second kappa shape index (κ2) is 10.2. The maximum absolute atomic E-state index is 11.1. The van der Waals surface area contributed by atoms with Crippen LogP contribution in [0.3, 0.4) is 0 Å². The molecule has 0 bridgehead atoms. The fourth-order valence-corrected chi connectivity index (χ4v) is 2.80. The van der Waals surface area contributed by atoms with E-state index in [1.165, 1.54) is 6.92 Å². The first-order valence-corrected chi connectivity index (χ1v) is 8.59. The van der Waals surface area contributed by atoms with Crippen LogP contribution in [0, 0.1) is 6.92 Å². The van der Waals surface area contributed by atoms with Crippen LogP contribution in [0.15, 0.2) is 0 Å². The summed E-state index contributed by atoms with van der Waals surface area (Å²) in [6.07, 6.45) is 6.65. The number of phenols is 2. The van der Waals surface area contributed by atoms with Gasteiger partial charge in [0.05, 0.1) is 17.2 Å². The van der Waals surface area contributed by atoms with Crippen LogP contribution in [-0.4, -0.2) is 29.1 Å². The molecule has 0 atom stereocenters. The second-order valence-corrected chi connectivity index (χ2v) is 6.24. The predicted octanol–water partition coefficient (Wildman–Crippen LogP) is 4.32. The monoisotopic (exact) mass is 356 g/mol. The largest absolute Gasteiger partial charge is 0.507 e. The molecule has 2 N–H and O–H groups in total. The van der Waals surface area contributed by atoms with E-state index in [0.717, 1.165) is 38.5 Å². The van der Waals surface area contributed by atoms with Crippen LogP contribution in [0.4, 0.5) is 0 Å². The third-order valence-electron chi connectivity index (χ3n) is 4.01. The molecule has 0 fully saturated rings. The molecular weight excluding hydrogens is 332 g/mol. The average molecular weight is 357 g/mol. The molecule has 0 saturated carbocycles. The third-order valence-corrected chi connectivity index (χ3v) is 4.47. The van der Waals surface area contributed by atoms with Crippen molar-refractivity contribution in [1.29, 1.82) is 0 Å². The first kappa shape index (κ1) is 20.3. The Balaban J connectivity index is 2.39. The molecule has 0 amide bonds. The fraction of sp³-hybridized carbons (Fsp3) is 0.556. The smallest absolute Gasteiger partial charge is 0.302 e. The van der Waals surface area contributed by atoms with Crippen LogP contribution in [0.1, 0.15) is 66.9 Å². The van der Waals surface area contributed by atoms with Crippen molar-refractivity contribution in [1.82, 2.24) is 0 Å². The van der Waals surface area contributed by atoms with E-state index in [2.05, 4.69) is 0 Å². The van der Waals surface area contributed by atoms with Gasteiger partial charge in [0.2, 0.25) is 0 Å². The van der Waals surface area contributed by atoms with Gasteiger partial charge in [0, 0.05) is 12.5 Å². The molecule has 6 heteroatoms. The average Bonchev–Trinajstić information content (AvgIpc) is 2.54. The minimum absolute atomic E-state index is 0.121. The normalized spacial score (nSPS) is 10.6. The summed E-state index contributed by atoms with van der Waals surface area (Å²) in [7, 11) is 0. The molecule has 0 aliphatic carbocycles.